The number of aryl methyl sites for hydroxylation is 1. The summed E-state index contributed by atoms with van der Waals surface area (Å²) in [7, 11) is 0. The molecule has 1 fully saturated rings. The summed E-state index contributed by atoms with van der Waals surface area (Å²) < 4.78 is 18.9. The van der Waals surface area contributed by atoms with Gasteiger partial charge in [0, 0.05) is 31.2 Å². The van der Waals surface area contributed by atoms with Gasteiger partial charge in [-0.25, -0.2) is 14.4 Å². The molecule has 0 radical (unpaired) electrons. The number of piperazine rings is 1. The molecule has 2 aromatic heterocycles. The van der Waals surface area contributed by atoms with Gasteiger partial charge in [0.15, 0.2) is 0 Å². The lowest BCUT2D eigenvalue weighted by atomic mass is 10.1. The van der Waals surface area contributed by atoms with Crippen LogP contribution in [0.25, 0.3) is 11.5 Å². The lowest BCUT2D eigenvalue weighted by molar-refractivity contribution is -0.131. The van der Waals surface area contributed by atoms with Crippen LogP contribution in [-0.4, -0.2) is 46.5 Å². The Morgan fingerprint density at radius 1 is 1.21 bits per heavy atom. The van der Waals surface area contributed by atoms with E-state index in [4.69, 9.17) is 4.42 Å². The summed E-state index contributed by atoms with van der Waals surface area (Å²) in [5.74, 6) is 1.60. The minimum atomic E-state index is -0.354. The standard InChI is InChI=1S/C22H23FN4O2/c1-15-14-26(10-11-27(15)20-9-8-18(23)13-24-20)21(28)12-19-16(2)29-22(25-19)17-6-4-3-5-7-17/h3-9,13,15H,10-12,14H2,1-2H3. The SMILES string of the molecule is Cc1oc(-c2ccccc2)nc1CC(=O)N1CCN(c2ccc(F)cn2)C(C)C1. The molecule has 6 nitrogen and oxygen atoms in total. The van der Waals surface area contributed by atoms with Crippen molar-refractivity contribution in [3.05, 3.63) is 65.9 Å². The van der Waals surface area contributed by atoms with Crippen LogP contribution < -0.4 is 4.90 Å². The van der Waals surface area contributed by atoms with Gasteiger partial charge in [-0.1, -0.05) is 18.2 Å². The number of halogens is 1. The molecule has 4 rings (SSSR count). The lowest BCUT2D eigenvalue weighted by Crippen LogP contribution is -2.54. The smallest absolute Gasteiger partial charge is 0.228 e. The zero-order valence-corrected chi connectivity index (χ0v) is 16.5. The van der Waals surface area contributed by atoms with Crippen LogP contribution in [0.3, 0.4) is 0 Å². The van der Waals surface area contributed by atoms with Crippen molar-refractivity contribution in [3.8, 4) is 11.5 Å². The highest BCUT2D eigenvalue weighted by molar-refractivity contribution is 5.79. The summed E-state index contributed by atoms with van der Waals surface area (Å²) in [6.07, 6.45) is 1.43. The summed E-state index contributed by atoms with van der Waals surface area (Å²) in [6, 6.07) is 12.8. The first-order chi connectivity index (χ1) is 14.0. The van der Waals surface area contributed by atoms with Crippen LogP contribution in [0.4, 0.5) is 10.2 Å². The predicted molar refractivity (Wildman–Crippen MR) is 108 cm³/mol. The molecule has 0 bridgehead atoms. The highest BCUT2D eigenvalue weighted by atomic mass is 19.1. The summed E-state index contributed by atoms with van der Waals surface area (Å²) >= 11 is 0. The number of benzene rings is 1. The number of aromatic nitrogens is 2. The van der Waals surface area contributed by atoms with E-state index in [1.54, 1.807) is 6.07 Å². The van der Waals surface area contributed by atoms with Gasteiger partial charge in [-0.05, 0) is 38.1 Å². The van der Waals surface area contributed by atoms with Crippen molar-refractivity contribution in [3.63, 3.8) is 0 Å². The van der Waals surface area contributed by atoms with Crippen LogP contribution in [0.1, 0.15) is 18.4 Å². The molecular weight excluding hydrogens is 371 g/mol. The van der Waals surface area contributed by atoms with E-state index >= 15 is 0 Å². The van der Waals surface area contributed by atoms with Gasteiger partial charge in [0.1, 0.15) is 17.4 Å². The summed E-state index contributed by atoms with van der Waals surface area (Å²) in [5, 5.41) is 0. The highest BCUT2D eigenvalue weighted by Gasteiger charge is 2.28. The molecule has 3 heterocycles. The maximum Gasteiger partial charge on any atom is 0.228 e. The quantitative estimate of drug-likeness (QED) is 0.678. The molecule has 0 saturated carbocycles. The number of hydrogen-bond acceptors (Lipinski definition) is 5. The maximum absolute atomic E-state index is 13.1. The van der Waals surface area contributed by atoms with Crippen molar-refractivity contribution < 1.29 is 13.6 Å². The van der Waals surface area contributed by atoms with E-state index in [2.05, 4.69) is 14.9 Å². The van der Waals surface area contributed by atoms with Crippen LogP contribution in [0.15, 0.2) is 53.1 Å². The van der Waals surface area contributed by atoms with Crippen LogP contribution in [0, 0.1) is 12.7 Å². The van der Waals surface area contributed by atoms with Crippen molar-refractivity contribution in [1.29, 1.82) is 0 Å². The van der Waals surface area contributed by atoms with E-state index in [-0.39, 0.29) is 24.2 Å². The third-order valence-corrected chi connectivity index (χ3v) is 5.22. The Kier molecular flexibility index (Phi) is 5.29. The van der Waals surface area contributed by atoms with E-state index in [9.17, 15) is 9.18 Å². The Labute approximate surface area is 169 Å². The van der Waals surface area contributed by atoms with Gasteiger partial charge < -0.3 is 14.2 Å². The Morgan fingerprint density at radius 3 is 2.69 bits per heavy atom. The Morgan fingerprint density at radius 2 is 2.00 bits per heavy atom. The van der Waals surface area contributed by atoms with Crippen molar-refractivity contribution in [2.24, 2.45) is 0 Å². The van der Waals surface area contributed by atoms with Crippen LogP contribution in [0.5, 0.6) is 0 Å². The molecule has 7 heteroatoms. The summed E-state index contributed by atoms with van der Waals surface area (Å²) in [5.41, 5.74) is 1.56. The third-order valence-electron chi connectivity index (χ3n) is 5.22. The van der Waals surface area contributed by atoms with E-state index in [0.29, 0.717) is 37.0 Å². The fraction of sp³-hybridized carbons (Fsp3) is 0.318. The summed E-state index contributed by atoms with van der Waals surface area (Å²) in [4.78, 5) is 25.5. The van der Waals surface area contributed by atoms with Crippen molar-refractivity contribution >= 4 is 11.7 Å². The lowest BCUT2D eigenvalue weighted by Gasteiger charge is -2.40. The number of nitrogens with zero attached hydrogens (tertiary/aromatic N) is 4. The average molecular weight is 394 g/mol. The first-order valence-corrected chi connectivity index (χ1v) is 9.69. The van der Waals surface area contributed by atoms with Crippen LogP contribution >= 0.6 is 0 Å². The van der Waals surface area contributed by atoms with Gasteiger partial charge in [0.2, 0.25) is 11.8 Å². The van der Waals surface area contributed by atoms with Gasteiger partial charge in [-0.15, -0.1) is 0 Å². The molecule has 1 unspecified atom stereocenters. The highest BCUT2D eigenvalue weighted by Crippen LogP contribution is 2.23. The second-order valence-corrected chi connectivity index (χ2v) is 7.28. The Balaban J connectivity index is 1.41. The van der Waals surface area contributed by atoms with Gasteiger partial charge in [0.05, 0.1) is 18.3 Å². The average Bonchev–Trinajstić information content (AvgIpc) is 3.10. The molecule has 1 aliphatic heterocycles. The zero-order valence-electron chi connectivity index (χ0n) is 16.5. The van der Waals surface area contributed by atoms with Gasteiger partial charge in [-0.3, -0.25) is 4.79 Å². The first-order valence-electron chi connectivity index (χ1n) is 9.69. The predicted octanol–water partition coefficient (Wildman–Crippen LogP) is 3.46. The topological polar surface area (TPSA) is 62.5 Å². The largest absolute Gasteiger partial charge is 0.441 e. The van der Waals surface area contributed by atoms with E-state index in [1.165, 1.54) is 12.3 Å². The number of oxazole rings is 1. The molecule has 1 aromatic carbocycles. The van der Waals surface area contributed by atoms with Crippen LogP contribution in [0.2, 0.25) is 0 Å². The fourth-order valence-electron chi connectivity index (χ4n) is 3.61. The first kappa shape index (κ1) is 19.1. The number of pyridine rings is 1. The minimum Gasteiger partial charge on any atom is -0.441 e. The second-order valence-electron chi connectivity index (χ2n) is 7.28. The molecule has 1 atom stereocenters. The number of rotatable bonds is 4. The zero-order chi connectivity index (χ0) is 20.4. The van der Waals surface area contributed by atoms with Gasteiger partial charge in [0.25, 0.3) is 0 Å². The Bertz CT molecular complexity index is 988. The molecule has 29 heavy (non-hydrogen) atoms. The normalized spacial score (nSPS) is 16.9. The van der Waals surface area contributed by atoms with Crippen molar-refractivity contribution in [2.75, 3.05) is 24.5 Å². The van der Waals surface area contributed by atoms with E-state index in [1.807, 2.05) is 49.1 Å². The molecule has 1 amide bonds. The summed E-state index contributed by atoms with van der Waals surface area (Å²) in [6.45, 7) is 5.70. The van der Waals surface area contributed by atoms with Crippen molar-refractivity contribution in [2.45, 2.75) is 26.3 Å². The number of anilines is 1. The molecule has 0 N–H and O–H groups in total. The molecule has 0 spiro atoms. The molecule has 150 valence electrons. The van der Waals surface area contributed by atoms with Gasteiger partial charge >= 0.3 is 0 Å². The molecule has 0 aliphatic carbocycles. The van der Waals surface area contributed by atoms with Crippen LogP contribution in [-0.2, 0) is 11.2 Å². The van der Waals surface area contributed by atoms with E-state index in [0.717, 1.165) is 11.4 Å². The molecule has 1 aliphatic rings. The van der Waals surface area contributed by atoms with Gasteiger partial charge in [-0.2, -0.15) is 0 Å². The minimum absolute atomic E-state index is 0.0274. The number of carbonyl (C=O) groups excluding carboxylic acids is 1. The fourth-order valence-corrected chi connectivity index (χ4v) is 3.61. The van der Waals surface area contributed by atoms with Crippen molar-refractivity contribution in [1.82, 2.24) is 14.9 Å². The molecule has 3 aromatic rings. The number of hydrogen-bond donors (Lipinski definition) is 0. The number of amides is 1. The number of carbonyl (C=O) groups is 1. The molecular formula is C22H23FN4O2. The van der Waals surface area contributed by atoms with E-state index < -0.39 is 0 Å². The monoisotopic (exact) mass is 394 g/mol. The third kappa shape index (κ3) is 4.13. The second kappa shape index (κ2) is 8.03. The molecule has 1 saturated heterocycles. The Hall–Kier alpha value is -3.22. The maximum atomic E-state index is 13.1.